The predicted molar refractivity (Wildman–Crippen MR) is 175 cm³/mol. The van der Waals surface area contributed by atoms with Crippen molar-refractivity contribution in [3.63, 3.8) is 0 Å². The summed E-state index contributed by atoms with van der Waals surface area (Å²) in [6, 6.07) is 46.4. The number of fused-ring (bicyclic) bond motifs is 2. The van der Waals surface area contributed by atoms with E-state index in [9.17, 15) is 0 Å². The molecule has 0 saturated carbocycles. The number of nitrogens with zero attached hydrogens (tertiary/aromatic N) is 2. The average molecular weight is 525 g/mol. The van der Waals surface area contributed by atoms with Gasteiger partial charge < -0.3 is 4.90 Å². The smallest absolute Gasteiger partial charge is 0.0780 e. The number of aromatic nitrogens is 1. The maximum absolute atomic E-state index is 4.75. The fourth-order valence-electron chi connectivity index (χ4n) is 6.44. The molecule has 0 amide bonds. The monoisotopic (exact) mass is 524 g/mol. The molecule has 0 radical (unpaired) electrons. The van der Waals surface area contributed by atoms with Gasteiger partial charge in [0.05, 0.1) is 5.52 Å². The SMILES string of the molecule is Cc1cccc(N(c2ccc(-c3ccc4ccc5cc6cccnc6c6ccc3c4c56)cc2)c2cccc(C)c2)c1. The van der Waals surface area contributed by atoms with Gasteiger partial charge in [0.2, 0.25) is 0 Å². The third-order valence-electron chi connectivity index (χ3n) is 8.31. The number of pyridine rings is 1. The van der Waals surface area contributed by atoms with Gasteiger partial charge in [-0.05, 0) is 112 Å². The van der Waals surface area contributed by atoms with Crippen molar-refractivity contribution in [2.24, 2.45) is 0 Å². The van der Waals surface area contributed by atoms with Crippen LogP contribution >= 0.6 is 0 Å². The molecule has 2 heteroatoms. The summed E-state index contributed by atoms with van der Waals surface area (Å²) in [5, 5.41) is 8.82. The Hall–Kier alpha value is -5.21. The van der Waals surface area contributed by atoms with Gasteiger partial charge in [0, 0.05) is 34.0 Å². The zero-order valence-electron chi connectivity index (χ0n) is 23.1. The van der Waals surface area contributed by atoms with Crippen LogP contribution in [0.1, 0.15) is 11.1 Å². The first-order chi connectivity index (χ1) is 20.1. The fraction of sp³-hybridized carbons (Fsp3) is 0.0513. The van der Waals surface area contributed by atoms with E-state index in [0.29, 0.717) is 0 Å². The van der Waals surface area contributed by atoms with E-state index in [2.05, 4.69) is 140 Å². The molecule has 0 spiro atoms. The lowest BCUT2D eigenvalue weighted by atomic mass is 9.89. The van der Waals surface area contributed by atoms with Gasteiger partial charge >= 0.3 is 0 Å². The highest BCUT2D eigenvalue weighted by atomic mass is 15.1. The van der Waals surface area contributed by atoms with Crippen LogP contribution in [0, 0.1) is 13.8 Å². The Labute approximate surface area is 239 Å². The highest BCUT2D eigenvalue weighted by Crippen LogP contribution is 2.42. The molecule has 0 saturated heterocycles. The molecular formula is C39H28N2. The van der Waals surface area contributed by atoms with Crippen molar-refractivity contribution in [2.75, 3.05) is 4.90 Å². The maximum Gasteiger partial charge on any atom is 0.0780 e. The summed E-state index contributed by atoms with van der Waals surface area (Å²) in [6.07, 6.45) is 1.89. The molecule has 7 aromatic carbocycles. The van der Waals surface area contributed by atoms with Crippen LogP contribution < -0.4 is 4.90 Å². The molecule has 41 heavy (non-hydrogen) atoms. The first-order valence-corrected chi connectivity index (χ1v) is 14.1. The lowest BCUT2D eigenvalue weighted by Gasteiger charge is -2.26. The number of hydrogen-bond donors (Lipinski definition) is 0. The first-order valence-electron chi connectivity index (χ1n) is 14.1. The standard InChI is InChI=1S/C39H28N2/c1-25-6-3-9-32(22-25)41(33-10-4-7-26(2)23-33)31-16-13-27(14-17-31)34-18-15-28-11-12-29-24-30-8-5-21-40-39(30)36-20-19-35(34)37(28)38(29)36/h3-24H,1-2H3. The molecule has 0 atom stereocenters. The van der Waals surface area contributed by atoms with Crippen molar-refractivity contribution >= 4 is 60.3 Å². The first kappa shape index (κ1) is 23.7. The normalized spacial score (nSPS) is 11.7. The van der Waals surface area contributed by atoms with Gasteiger partial charge in [0.25, 0.3) is 0 Å². The molecule has 194 valence electrons. The minimum Gasteiger partial charge on any atom is -0.310 e. The van der Waals surface area contributed by atoms with E-state index in [0.717, 1.165) is 22.6 Å². The average Bonchev–Trinajstić information content (AvgIpc) is 3.00. The van der Waals surface area contributed by atoms with Crippen LogP contribution in [-0.2, 0) is 0 Å². The van der Waals surface area contributed by atoms with Gasteiger partial charge in [-0.25, -0.2) is 0 Å². The molecule has 0 aliphatic rings. The molecule has 1 heterocycles. The van der Waals surface area contributed by atoms with Crippen molar-refractivity contribution in [3.8, 4) is 11.1 Å². The largest absolute Gasteiger partial charge is 0.310 e. The molecule has 1 aromatic heterocycles. The molecule has 0 bridgehead atoms. The Morgan fingerprint density at radius 2 is 1.15 bits per heavy atom. The number of benzene rings is 7. The number of rotatable bonds is 4. The van der Waals surface area contributed by atoms with Crippen LogP contribution in [0.25, 0.3) is 54.3 Å². The molecule has 0 aliphatic heterocycles. The van der Waals surface area contributed by atoms with Crippen LogP contribution in [0.2, 0.25) is 0 Å². The molecule has 2 nitrogen and oxygen atoms in total. The molecule has 8 rings (SSSR count). The lowest BCUT2D eigenvalue weighted by molar-refractivity contribution is 1.26. The van der Waals surface area contributed by atoms with Gasteiger partial charge in [-0.3, -0.25) is 4.98 Å². The molecule has 0 fully saturated rings. The minimum atomic E-state index is 1.07. The van der Waals surface area contributed by atoms with Crippen molar-refractivity contribution in [1.29, 1.82) is 0 Å². The molecule has 0 N–H and O–H groups in total. The van der Waals surface area contributed by atoms with E-state index in [1.807, 2.05) is 12.3 Å². The quantitative estimate of drug-likeness (QED) is 0.168. The fourth-order valence-corrected chi connectivity index (χ4v) is 6.44. The minimum absolute atomic E-state index is 1.07. The van der Waals surface area contributed by atoms with Gasteiger partial charge in [-0.2, -0.15) is 0 Å². The zero-order chi connectivity index (χ0) is 27.5. The summed E-state index contributed by atoms with van der Waals surface area (Å²) in [5.74, 6) is 0. The highest BCUT2D eigenvalue weighted by Gasteiger charge is 2.16. The number of hydrogen-bond acceptors (Lipinski definition) is 2. The summed E-state index contributed by atoms with van der Waals surface area (Å²) < 4.78 is 0. The topological polar surface area (TPSA) is 16.1 Å². The van der Waals surface area contributed by atoms with Crippen molar-refractivity contribution in [3.05, 3.63) is 145 Å². The molecule has 0 aliphatic carbocycles. The van der Waals surface area contributed by atoms with E-state index >= 15 is 0 Å². The van der Waals surface area contributed by atoms with E-state index in [4.69, 9.17) is 4.98 Å². The van der Waals surface area contributed by atoms with Crippen molar-refractivity contribution in [2.45, 2.75) is 13.8 Å². The summed E-state index contributed by atoms with van der Waals surface area (Å²) >= 11 is 0. The molecule has 0 unspecified atom stereocenters. The van der Waals surface area contributed by atoms with E-state index in [1.165, 1.54) is 60.0 Å². The van der Waals surface area contributed by atoms with Crippen LogP contribution in [-0.4, -0.2) is 4.98 Å². The van der Waals surface area contributed by atoms with Crippen molar-refractivity contribution in [1.82, 2.24) is 4.98 Å². The Bertz CT molecular complexity index is 2180. The summed E-state index contributed by atoms with van der Waals surface area (Å²) in [4.78, 5) is 7.09. The Kier molecular flexibility index (Phi) is 5.30. The summed E-state index contributed by atoms with van der Waals surface area (Å²) in [6.45, 7) is 4.29. The van der Waals surface area contributed by atoms with Gasteiger partial charge in [0.1, 0.15) is 0 Å². The number of aryl methyl sites for hydroxylation is 2. The third-order valence-corrected chi connectivity index (χ3v) is 8.31. The van der Waals surface area contributed by atoms with Crippen LogP contribution in [0.4, 0.5) is 17.1 Å². The second kappa shape index (κ2) is 9.18. The van der Waals surface area contributed by atoms with Gasteiger partial charge in [-0.1, -0.05) is 78.9 Å². The van der Waals surface area contributed by atoms with E-state index in [-0.39, 0.29) is 0 Å². The maximum atomic E-state index is 4.75. The second-order valence-electron chi connectivity index (χ2n) is 11.0. The van der Waals surface area contributed by atoms with Gasteiger partial charge in [-0.15, -0.1) is 0 Å². The highest BCUT2D eigenvalue weighted by molar-refractivity contribution is 6.29. The number of anilines is 3. The van der Waals surface area contributed by atoms with Crippen LogP contribution in [0.5, 0.6) is 0 Å². The third kappa shape index (κ3) is 3.83. The molecular weight excluding hydrogens is 496 g/mol. The Morgan fingerprint density at radius 3 is 1.88 bits per heavy atom. The van der Waals surface area contributed by atoms with Crippen LogP contribution in [0.3, 0.4) is 0 Å². The van der Waals surface area contributed by atoms with Gasteiger partial charge in [0.15, 0.2) is 0 Å². The van der Waals surface area contributed by atoms with Crippen LogP contribution in [0.15, 0.2) is 134 Å². The van der Waals surface area contributed by atoms with Crippen molar-refractivity contribution < 1.29 is 0 Å². The van der Waals surface area contributed by atoms with E-state index < -0.39 is 0 Å². The Morgan fingerprint density at radius 1 is 0.488 bits per heavy atom. The van der Waals surface area contributed by atoms with E-state index in [1.54, 1.807) is 0 Å². The summed E-state index contributed by atoms with van der Waals surface area (Å²) in [5.41, 5.74) is 9.47. The zero-order valence-corrected chi connectivity index (χ0v) is 23.1. The lowest BCUT2D eigenvalue weighted by Crippen LogP contribution is -2.10. The second-order valence-corrected chi connectivity index (χ2v) is 11.0. The predicted octanol–water partition coefficient (Wildman–Crippen LogP) is 10.9. The summed E-state index contributed by atoms with van der Waals surface area (Å²) in [7, 11) is 0. The molecule has 8 aromatic rings. The Balaban J connectivity index is 1.29.